The van der Waals surface area contributed by atoms with E-state index in [1.54, 1.807) is 13.2 Å². The molecule has 2 amide bonds. The van der Waals surface area contributed by atoms with Crippen LogP contribution in [0.3, 0.4) is 0 Å². The van der Waals surface area contributed by atoms with Crippen molar-refractivity contribution in [1.82, 2.24) is 10.3 Å². The molecule has 0 saturated carbocycles. The number of pyridine rings is 1. The maximum Gasteiger partial charge on any atom is 0.228 e. The van der Waals surface area contributed by atoms with E-state index in [0.717, 1.165) is 30.4 Å². The van der Waals surface area contributed by atoms with Crippen LogP contribution in [0, 0.1) is 0 Å². The summed E-state index contributed by atoms with van der Waals surface area (Å²) in [5.41, 5.74) is 4.82. The molecule has 0 radical (unpaired) electrons. The minimum absolute atomic E-state index is 0.133. The SMILES string of the molecule is COc1cccc2c1NC(=O)CC2C(=O)NCc1cnc2c(c1)CCC2. The maximum absolute atomic E-state index is 12.8. The van der Waals surface area contributed by atoms with Gasteiger partial charge in [-0.15, -0.1) is 0 Å². The van der Waals surface area contributed by atoms with Crippen molar-refractivity contribution >= 4 is 17.5 Å². The van der Waals surface area contributed by atoms with Crippen LogP contribution in [-0.4, -0.2) is 23.9 Å². The number of hydrogen-bond acceptors (Lipinski definition) is 4. The van der Waals surface area contributed by atoms with E-state index in [2.05, 4.69) is 21.7 Å². The summed E-state index contributed by atoms with van der Waals surface area (Å²) in [6, 6.07) is 7.59. The molecule has 4 rings (SSSR count). The molecule has 0 spiro atoms. The molecule has 2 heterocycles. The lowest BCUT2D eigenvalue weighted by atomic mass is 9.89. The molecule has 2 N–H and O–H groups in total. The quantitative estimate of drug-likeness (QED) is 0.886. The van der Waals surface area contributed by atoms with Gasteiger partial charge in [0.2, 0.25) is 11.8 Å². The van der Waals surface area contributed by atoms with Crippen LogP contribution in [-0.2, 0) is 29.0 Å². The molecule has 26 heavy (non-hydrogen) atoms. The van der Waals surface area contributed by atoms with Gasteiger partial charge in [0.15, 0.2) is 0 Å². The van der Waals surface area contributed by atoms with Gasteiger partial charge in [0.25, 0.3) is 0 Å². The van der Waals surface area contributed by atoms with Crippen LogP contribution in [0.5, 0.6) is 5.75 Å². The fraction of sp³-hybridized carbons (Fsp3) is 0.350. The number of carbonyl (C=O) groups excluding carboxylic acids is 2. The number of rotatable bonds is 4. The predicted octanol–water partition coefficient (Wildman–Crippen LogP) is 2.32. The van der Waals surface area contributed by atoms with Crippen LogP contribution in [0.4, 0.5) is 5.69 Å². The third-order valence-corrected chi connectivity index (χ3v) is 5.07. The standard InChI is InChI=1S/C20H21N3O3/c1-26-17-7-3-5-14-15(9-18(24)23-19(14)17)20(25)22-11-12-8-13-4-2-6-16(13)21-10-12/h3,5,7-8,10,15H,2,4,6,9,11H2,1H3,(H,22,25)(H,23,24). The Kier molecular flexibility index (Phi) is 4.32. The number of aryl methyl sites for hydroxylation is 2. The first-order valence-corrected chi connectivity index (χ1v) is 8.87. The summed E-state index contributed by atoms with van der Waals surface area (Å²) in [6.45, 7) is 0.413. The summed E-state index contributed by atoms with van der Waals surface area (Å²) in [4.78, 5) is 29.3. The van der Waals surface area contributed by atoms with E-state index in [-0.39, 0.29) is 18.2 Å². The lowest BCUT2D eigenvalue weighted by Crippen LogP contribution is -2.35. The number of fused-ring (bicyclic) bond motifs is 2. The van der Waals surface area contributed by atoms with Crippen molar-refractivity contribution in [2.45, 2.75) is 38.1 Å². The predicted molar refractivity (Wildman–Crippen MR) is 97.1 cm³/mol. The van der Waals surface area contributed by atoms with Gasteiger partial charge in [-0.25, -0.2) is 0 Å². The van der Waals surface area contributed by atoms with Crippen LogP contribution < -0.4 is 15.4 Å². The summed E-state index contributed by atoms with van der Waals surface area (Å²) >= 11 is 0. The van der Waals surface area contributed by atoms with Crippen molar-refractivity contribution < 1.29 is 14.3 Å². The normalized spacial score (nSPS) is 17.9. The van der Waals surface area contributed by atoms with Gasteiger partial charge >= 0.3 is 0 Å². The summed E-state index contributed by atoms with van der Waals surface area (Å²) in [6.07, 6.45) is 5.20. The fourth-order valence-electron chi connectivity index (χ4n) is 3.75. The number of anilines is 1. The first-order chi connectivity index (χ1) is 12.7. The third-order valence-electron chi connectivity index (χ3n) is 5.07. The number of para-hydroxylation sites is 1. The summed E-state index contributed by atoms with van der Waals surface area (Å²) in [5.74, 6) is -0.288. The Hall–Kier alpha value is -2.89. The molecular formula is C20H21N3O3. The second-order valence-electron chi connectivity index (χ2n) is 6.75. The number of nitrogens with zero attached hydrogens (tertiary/aromatic N) is 1. The van der Waals surface area contributed by atoms with Crippen LogP contribution in [0.25, 0.3) is 0 Å². The summed E-state index contributed by atoms with van der Waals surface area (Å²) < 4.78 is 5.31. The monoisotopic (exact) mass is 351 g/mol. The Bertz CT molecular complexity index is 879. The van der Waals surface area contributed by atoms with E-state index in [1.807, 2.05) is 18.3 Å². The van der Waals surface area contributed by atoms with E-state index in [9.17, 15) is 9.59 Å². The van der Waals surface area contributed by atoms with Gasteiger partial charge in [0.05, 0.1) is 18.7 Å². The molecular weight excluding hydrogens is 330 g/mol. The van der Waals surface area contributed by atoms with Gasteiger partial charge in [-0.1, -0.05) is 18.2 Å². The Balaban J connectivity index is 1.51. The number of methoxy groups -OCH3 is 1. The zero-order valence-electron chi connectivity index (χ0n) is 14.7. The molecule has 1 atom stereocenters. The smallest absolute Gasteiger partial charge is 0.228 e. The van der Waals surface area contributed by atoms with E-state index in [0.29, 0.717) is 18.0 Å². The van der Waals surface area contributed by atoms with Crippen LogP contribution >= 0.6 is 0 Å². The van der Waals surface area contributed by atoms with E-state index in [1.165, 1.54) is 11.3 Å². The highest BCUT2D eigenvalue weighted by Crippen LogP contribution is 2.38. The first kappa shape index (κ1) is 16.6. The fourth-order valence-corrected chi connectivity index (χ4v) is 3.75. The van der Waals surface area contributed by atoms with Crippen LogP contribution in [0.15, 0.2) is 30.5 Å². The molecule has 1 aromatic carbocycles. The molecule has 2 aromatic rings. The molecule has 1 aliphatic carbocycles. The molecule has 0 fully saturated rings. The van der Waals surface area contributed by atoms with Gasteiger partial charge in [-0.05, 0) is 42.0 Å². The highest BCUT2D eigenvalue weighted by Gasteiger charge is 2.32. The Morgan fingerprint density at radius 2 is 2.27 bits per heavy atom. The number of benzene rings is 1. The summed E-state index contributed by atoms with van der Waals surface area (Å²) in [5, 5.41) is 5.77. The van der Waals surface area contributed by atoms with E-state index >= 15 is 0 Å². The molecule has 2 aliphatic rings. The number of aromatic nitrogens is 1. The number of amides is 2. The molecule has 0 saturated heterocycles. The zero-order valence-corrected chi connectivity index (χ0v) is 14.7. The lowest BCUT2D eigenvalue weighted by molar-refractivity contribution is -0.126. The number of hydrogen-bond donors (Lipinski definition) is 2. The van der Waals surface area contributed by atoms with Crippen molar-refractivity contribution in [3.63, 3.8) is 0 Å². The van der Waals surface area contributed by atoms with Crippen molar-refractivity contribution in [1.29, 1.82) is 0 Å². The Morgan fingerprint density at radius 3 is 3.12 bits per heavy atom. The molecule has 0 bridgehead atoms. The topological polar surface area (TPSA) is 80.3 Å². The molecule has 6 nitrogen and oxygen atoms in total. The highest BCUT2D eigenvalue weighted by atomic mass is 16.5. The average molecular weight is 351 g/mol. The van der Waals surface area contributed by atoms with Crippen LogP contribution in [0.2, 0.25) is 0 Å². The third kappa shape index (κ3) is 3.03. The van der Waals surface area contributed by atoms with Gasteiger partial charge in [-0.2, -0.15) is 0 Å². The number of ether oxygens (including phenoxy) is 1. The van der Waals surface area contributed by atoms with Crippen LogP contribution in [0.1, 0.15) is 41.1 Å². The first-order valence-electron chi connectivity index (χ1n) is 8.87. The maximum atomic E-state index is 12.8. The average Bonchev–Trinajstić information content (AvgIpc) is 3.12. The Morgan fingerprint density at radius 1 is 1.38 bits per heavy atom. The highest BCUT2D eigenvalue weighted by molar-refractivity contribution is 6.02. The largest absolute Gasteiger partial charge is 0.495 e. The molecule has 1 aromatic heterocycles. The lowest BCUT2D eigenvalue weighted by Gasteiger charge is -2.26. The van der Waals surface area contributed by atoms with Gasteiger partial charge in [0, 0.05) is 24.9 Å². The summed E-state index contributed by atoms with van der Waals surface area (Å²) in [7, 11) is 1.55. The number of nitrogens with one attached hydrogen (secondary N) is 2. The van der Waals surface area contributed by atoms with Crippen molar-refractivity contribution in [2.24, 2.45) is 0 Å². The molecule has 1 aliphatic heterocycles. The van der Waals surface area contributed by atoms with Crippen molar-refractivity contribution in [2.75, 3.05) is 12.4 Å². The number of carbonyl (C=O) groups is 2. The Labute approximate surface area is 152 Å². The van der Waals surface area contributed by atoms with Gasteiger partial charge in [-0.3, -0.25) is 14.6 Å². The van der Waals surface area contributed by atoms with Crippen molar-refractivity contribution in [3.8, 4) is 5.75 Å². The van der Waals surface area contributed by atoms with E-state index in [4.69, 9.17) is 4.74 Å². The van der Waals surface area contributed by atoms with Crippen molar-refractivity contribution in [3.05, 3.63) is 52.8 Å². The second kappa shape index (κ2) is 6.78. The minimum Gasteiger partial charge on any atom is -0.495 e. The molecule has 134 valence electrons. The molecule has 1 unspecified atom stereocenters. The van der Waals surface area contributed by atoms with E-state index < -0.39 is 5.92 Å². The zero-order chi connectivity index (χ0) is 18.1. The molecule has 6 heteroatoms. The minimum atomic E-state index is -0.517. The van der Waals surface area contributed by atoms with Gasteiger partial charge in [0.1, 0.15) is 5.75 Å². The van der Waals surface area contributed by atoms with Gasteiger partial charge < -0.3 is 15.4 Å². The second-order valence-corrected chi connectivity index (χ2v) is 6.75.